The van der Waals surface area contributed by atoms with Crippen LogP contribution in [-0.4, -0.2) is 0 Å². The first-order valence-corrected chi connectivity index (χ1v) is 15.6. The topological polar surface area (TPSA) is 23.8 Å². The van der Waals surface area contributed by atoms with E-state index in [1.165, 1.54) is 71.1 Å². The molecule has 0 N–H and O–H groups in total. The van der Waals surface area contributed by atoms with E-state index >= 15 is 0 Å². The standard InChI is InChI=1S/C38H34ClN/c39-28-12-14-31-32-21-27(11-15-33(32)37(36(31)23-28)16-3-1-4-17-37)26-8-7-9-29-30-13-10-25(24-40)20-34(30)38(35(29)22-26)18-5-2-6-19-38/h2,5,8-15,20,22-23,27H,1,3-4,6-7,16-19,21H2. The van der Waals surface area contributed by atoms with Gasteiger partial charge in [0.05, 0.1) is 11.6 Å². The Kier molecular flexibility index (Phi) is 5.56. The monoisotopic (exact) mass is 539 g/mol. The smallest absolute Gasteiger partial charge is 0.0991 e. The second-order valence-corrected chi connectivity index (χ2v) is 13.1. The first-order chi connectivity index (χ1) is 19.6. The van der Waals surface area contributed by atoms with Gasteiger partial charge in [0.1, 0.15) is 0 Å². The Morgan fingerprint density at radius 1 is 0.875 bits per heavy atom. The van der Waals surface area contributed by atoms with Crippen molar-refractivity contribution < 1.29 is 0 Å². The van der Waals surface area contributed by atoms with Crippen molar-refractivity contribution in [2.45, 2.75) is 75.0 Å². The maximum atomic E-state index is 9.70. The molecule has 6 aliphatic rings. The van der Waals surface area contributed by atoms with Crippen molar-refractivity contribution in [2.24, 2.45) is 5.92 Å². The van der Waals surface area contributed by atoms with Gasteiger partial charge >= 0.3 is 0 Å². The summed E-state index contributed by atoms with van der Waals surface area (Å²) in [5.74, 6) is 0.371. The van der Waals surface area contributed by atoms with Gasteiger partial charge in [0.15, 0.2) is 0 Å². The molecule has 1 fully saturated rings. The fraction of sp³-hybridized carbons (Fsp3) is 0.342. The molecule has 2 heteroatoms. The molecule has 6 aliphatic carbocycles. The van der Waals surface area contributed by atoms with Crippen LogP contribution in [0, 0.1) is 17.2 Å². The second-order valence-electron chi connectivity index (χ2n) is 12.7. The van der Waals surface area contributed by atoms with Crippen LogP contribution in [0.2, 0.25) is 5.02 Å². The Bertz CT molecular complexity index is 1680. The predicted molar refractivity (Wildman–Crippen MR) is 165 cm³/mol. The second kappa shape index (κ2) is 9.09. The maximum Gasteiger partial charge on any atom is 0.0991 e. The van der Waals surface area contributed by atoms with Crippen molar-refractivity contribution in [1.29, 1.82) is 5.26 Å². The van der Waals surface area contributed by atoms with Crippen LogP contribution in [-0.2, 0) is 10.8 Å². The summed E-state index contributed by atoms with van der Waals surface area (Å²) in [5.41, 5.74) is 14.0. The van der Waals surface area contributed by atoms with E-state index in [1.54, 1.807) is 11.1 Å². The molecule has 2 spiro atoms. The molecule has 0 aliphatic heterocycles. The summed E-state index contributed by atoms with van der Waals surface area (Å²) in [6, 6.07) is 15.4. The van der Waals surface area contributed by atoms with E-state index < -0.39 is 0 Å². The van der Waals surface area contributed by atoms with Crippen LogP contribution >= 0.6 is 11.6 Å². The van der Waals surface area contributed by atoms with Gasteiger partial charge in [-0.2, -0.15) is 5.26 Å². The van der Waals surface area contributed by atoms with Crippen molar-refractivity contribution >= 4 is 22.7 Å². The molecule has 2 atom stereocenters. The normalized spacial score (nSPS) is 27.3. The summed E-state index contributed by atoms with van der Waals surface area (Å²) in [6.45, 7) is 0. The number of benzene rings is 2. The Hall–Kier alpha value is -3.34. The Balaban J connectivity index is 1.20. The highest BCUT2D eigenvalue weighted by Gasteiger charge is 2.47. The summed E-state index contributed by atoms with van der Waals surface area (Å²) in [4.78, 5) is 0. The first-order valence-electron chi connectivity index (χ1n) is 15.2. The molecule has 2 aromatic carbocycles. The third kappa shape index (κ3) is 3.39. The van der Waals surface area contributed by atoms with Crippen molar-refractivity contribution in [1.82, 2.24) is 0 Å². The number of halogens is 1. The first kappa shape index (κ1) is 24.5. The van der Waals surface area contributed by atoms with E-state index in [-0.39, 0.29) is 10.8 Å². The van der Waals surface area contributed by atoms with E-state index in [0.29, 0.717) is 5.92 Å². The number of rotatable bonds is 1. The molecule has 8 rings (SSSR count). The van der Waals surface area contributed by atoms with E-state index in [1.807, 2.05) is 6.07 Å². The van der Waals surface area contributed by atoms with Crippen LogP contribution < -0.4 is 0 Å². The molecule has 0 aromatic heterocycles. The van der Waals surface area contributed by atoms with Crippen LogP contribution in [0.5, 0.6) is 0 Å². The molecule has 198 valence electrons. The van der Waals surface area contributed by atoms with Crippen molar-refractivity contribution in [3.8, 4) is 6.07 Å². The summed E-state index contributed by atoms with van der Waals surface area (Å²) in [5, 5.41) is 10.6. The highest BCUT2D eigenvalue weighted by Crippen LogP contribution is 2.60. The third-order valence-electron chi connectivity index (χ3n) is 10.8. The van der Waals surface area contributed by atoms with E-state index in [9.17, 15) is 5.26 Å². The largest absolute Gasteiger partial charge is 0.192 e. The number of hydrogen-bond acceptors (Lipinski definition) is 1. The van der Waals surface area contributed by atoms with Gasteiger partial charge in [-0.05, 0) is 119 Å². The maximum absolute atomic E-state index is 9.70. The molecule has 40 heavy (non-hydrogen) atoms. The lowest BCUT2D eigenvalue weighted by atomic mass is 9.66. The third-order valence-corrected chi connectivity index (χ3v) is 11.1. The number of allylic oxidation sites excluding steroid dienone is 12. The van der Waals surface area contributed by atoms with E-state index in [0.717, 1.165) is 42.7 Å². The number of nitriles is 1. The minimum atomic E-state index is -0.0299. The molecule has 1 nitrogen and oxygen atoms in total. The average molecular weight is 540 g/mol. The minimum absolute atomic E-state index is 0.0299. The number of hydrogen-bond donors (Lipinski definition) is 0. The summed E-state index contributed by atoms with van der Waals surface area (Å²) >= 11 is 6.59. The molecule has 2 unspecified atom stereocenters. The predicted octanol–water partition coefficient (Wildman–Crippen LogP) is 10.1. The zero-order valence-electron chi connectivity index (χ0n) is 23.0. The minimum Gasteiger partial charge on any atom is -0.192 e. The van der Waals surface area contributed by atoms with Gasteiger partial charge in [-0.25, -0.2) is 0 Å². The highest BCUT2D eigenvalue weighted by molar-refractivity contribution is 6.30. The van der Waals surface area contributed by atoms with Crippen LogP contribution in [0.4, 0.5) is 0 Å². The highest BCUT2D eigenvalue weighted by atomic mass is 35.5. The zero-order valence-corrected chi connectivity index (χ0v) is 23.7. The van der Waals surface area contributed by atoms with Gasteiger partial charge in [-0.15, -0.1) is 0 Å². The van der Waals surface area contributed by atoms with E-state index in [4.69, 9.17) is 11.6 Å². The Morgan fingerprint density at radius 3 is 2.55 bits per heavy atom. The molecule has 1 saturated carbocycles. The van der Waals surface area contributed by atoms with Crippen LogP contribution in [0.25, 0.3) is 11.1 Å². The van der Waals surface area contributed by atoms with Crippen LogP contribution in [0.15, 0.2) is 95.6 Å². The zero-order chi connectivity index (χ0) is 26.9. The lowest BCUT2D eigenvalue weighted by Crippen LogP contribution is -2.29. The van der Waals surface area contributed by atoms with Crippen LogP contribution in [0.1, 0.15) is 92.0 Å². The van der Waals surface area contributed by atoms with Gasteiger partial charge in [0.25, 0.3) is 0 Å². The Morgan fingerprint density at radius 2 is 1.73 bits per heavy atom. The van der Waals surface area contributed by atoms with Gasteiger partial charge in [0, 0.05) is 21.8 Å². The lowest BCUT2D eigenvalue weighted by molar-refractivity contribution is 0.349. The molecule has 0 heterocycles. The van der Waals surface area contributed by atoms with Gasteiger partial charge < -0.3 is 0 Å². The molecule has 0 amide bonds. The van der Waals surface area contributed by atoms with Gasteiger partial charge in [-0.3, -0.25) is 0 Å². The summed E-state index contributed by atoms with van der Waals surface area (Å²) < 4.78 is 0. The fourth-order valence-corrected chi connectivity index (χ4v) is 9.18. The number of nitrogens with zero attached hydrogens (tertiary/aromatic N) is 1. The van der Waals surface area contributed by atoms with Crippen molar-refractivity contribution in [2.75, 3.05) is 0 Å². The molecule has 0 saturated heterocycles. The van der Waals surface area contributed by atoms with Crippen molar-refractivity contribution in [3.63, 3.8) is 0 Å². The molecule has 0 radical (unpaired) electrons. The molecular formula is C38H34ClN. The van der Waals surface area contributed by atoms with Crippen LogP contribution in [0.3, 0.4) is 0 Å². The van der Waals surface area contributed by atoms with Gasteiger partial charge in [0.2, 0.25) is 0 Å². The van der Waals surface area contributed by atoms with Gasteiger partial charge in [-0.1, -0.05) is 85.5 Å². The summed E-state index contributed by atoms with van der Waals surface area (Å²) in [6.07, 6.45) is 28.8. The quantitative estimate of drug-likeness (QED) is 0.331. The van der Waals surface area contributed by atoms with E-state index in [2.05, 4.69) is 78.9 Å². The number of fused-ring (bicyclic) bond motifs is 9. The summed E-state index contributed by atoms with van der Waals surface area (Å²) in [7, 11) is 0. The SMILES string of the molecule is N#Cc1ccc2c(c1)C1(CC=CCC1)C1=CC(C3C=CC4=C(C3)c3ccc(Cl)cc3C43CCCCC3)=CCC=C12. The molecule has 2 aromatic rings. The molecule has 0 bridgehead atoms. The lowest BCUT2D eigenvalue weighted by Gasteiger charge is -2.38. The Labute approximate surface area is 243 Å². The average Bonchev–Trinajstić information content (AvgIpc) is 3.24. The van der Waals surface area contributed by atoms with Crippen molar-refractivity contribution in [3.05, 3.63) is 128 Å². The fourth-order valence-electron chi connectivity index (χ4n) is 9.01. The molecular weight excluding hydrogens is 506 g/mol.